The molecule has 2 amide bonds. The van der Waals surface area contributed by atoms with E-state index in [0.717, 1.165) is 19.5 Å². The summed E-state index contributed by atoms with van der Waals surface area (Å²) in [5, 5.41) is 16.2. The van der Waals surface area contributed by atoms with E-state index in [1.165, 1.54) is 11.1 Å². The Kier molecular flexibility index (Phi) is 6.05. The van der Waals surface area contributed by atoms with E-state index in [4.69, 9.17) is 9.47 Å². The number of nitrogens with one attached hydrogen (secondary N) is 2. The van der Waals surface area contributed by atoms with Crippen molar-refractivity contribution < 1.29 is 24.2 Å². The molecule has 3 N–H and O–H groups in total. The molecule has 5 rings (SSSR count). The highest BCUT2D eigenvalue weighted by molar-refractivity contribution is 6.03. The van der Waals surface area contributed by atoms with Crippen molar-refractivity contribution >= 4 is 17.5 Å². The summed E-state index contributed by atoms with van der Waals surface area (Å²) in [6.45, 7) is 3.30. The lowest BCUT2D eigenvalue weighted by atomic mass is 9.91. The summed E-state index contributed by atoms with van der Waals surface area (Å²) < 4.78 is 11.4. The van der Waals surface area contributed by atoms with Gasteiger partial charge in [-0.05, 0) is 35.7 Å². The number of benzene rings is 2. The van der Waals surface area contributed by atoms with E-state index in [9.17, 15) is 14.7 Å². The predicted molar refractivity (Wildman–Crippen MR) is 122 cm³/mol. The zero-order valence-corrected chi connectivity index (χ0v) is 18.5. The van der Waals surface area contributed by atoms with Crippen LogP contribution in [0.3, 0.4) is 0 Å². The summed E-state index contributed by atoms with van der Waals surface area (Å²) >= 11 is 0. The Morgan fingerprint density at radius 2 is 1.97 bits per heavy atom. The maximum absolute atomic E-state index is 12.7. The van der Waals surface area contributed by atoms with Crippen LogP contribution in [0.1, 0.15) is 34.3 Å². The lowest BCUT2D eigenvalue weighted by molar-refractivity contribution is -0.140. The second-order valence-electron chi connectivity index (χ2n) is 8.99. The summed E-state index contributed by atoms with van der Waals surface area (Å²) in [7, 11) is 0. The SMILES string of the molecule is O=C(NCC(O)CN1CCc2ccccc2C1)c1ccc2c(c1)NC(=O)C1(CCOCC1)O2. The molecule has 1 unspecified atom stereocenters. The van der Waals surface area contributed by atoms with Gasteiger partial charge in [-0.25, -0.2) is 0 Å². The molecule has 1 spiro atoms. The molecular formula is C25H29N3O5. The number of ether oxygens (including phenoxy) is 2. The first kappa shape index (κ1) is 21.9. The maximum atomic E-state index is 12.7. The highest BCUT2D eigenvalue weighted by atomic mass is 16.5. The number of fused-ring (bicyclic) bond motifs is 2. The van der Waals surface area contributed by atoms with Crippen LogP contribution < -0.4 is 15.4 Å². The number of hydrogen-bond donors (Lipinski definition) is 3. The smallest absolute Gasteiger partial charge is 0.268 e. The van der Waals surface area contributed by atoms with E-state index in [1.807, 2.05) is 6.07 Å². The minimum atomic E-state index is -0.895. The Morgan fingerprint density at radius 3 is 2.79 bits per heavy atom. The number of carbonyl (C=O) groups excluding carboxylic acids is 2. The zero-order valence-electron chi connectivity index (χ0n) is 18.5. The van der Waals surface area contributed by atoms with Crippen LogP contribution in [0.5, 0.6) is 5.75 Å². The number of amides is 2. The summed E-state index contributed by atoms with van der Waals surface area (Å²) in [6.07, 6.45) is 1.29. The largest absolute Gasteiger partial charge is 0.475 e. The normalized spacial score (nSPS) is 20.2. The molecule has 0 bridgehead atoms. The van der Waals surface area contributed by atoms with E-state index < -0.39 is 11.7 Å². The van der Waals surface area contributed by atoms with Gasteiger partial charge < -0.3 is 25.2 Å². The third-order valence-corrected chi connectivity index (χ3v) is 6.69. The summed E-state index contributed by atoms with van der Waals surface area (Å²) in [5.41, 5.74) is 2.65. The first-order valence-electron chi connectivity index (χ1n) is 11.5. The second-order valence-corrected chi connectivity index (χ2v) is 8.99. The van der Waals surface area contributed by atoms with Gasteiger partial charge in [0.25, 0.3) is 11.8 Å². The number of anilines is 1. The molecule has 33 heavy (non-hydrogen) atoms. The number of aliphatic hydroxyl groups excluding tert-OH is 1. The molecule has 3 aliphatic rings. The molecule has 3 aliphatic heterocycles. The molecule has 1 atom stereocenters. The Labute approximate surface area is 192 Å². The van der Waals surface area contributed by atoms with Gasteiger partial charge >= 0.3 is 0 Å². The Bertz CT molecular complexity index is 1050. The van der Waals surface area contributed by atoms with Crippen LogP contribution in [0, 0.1) is 0 Å². The molecule has 0 saturated carbocycles. The molecule has 8 nitrogen and oxygen atoms in total. The van der Waals surface area contributed by atoms with E-state index in [1.54, 1.807) is 18.2 Å². The number of nitrogens with zero attached hydrogens (tertiary/aromatic N) is 1. The van der Waals surface area contributed by atoms with Crippen molar-refractivity contribution in [2.45, 2.75) is 37.5 Å². The Morgan fingerprint density at radius 1 is 1.18 bits per heavy atom. The average Bonchev–Trinajstić information content (AvgIpc) is 2.83. The molecule has 1 saturated heterocycles. The second kappa shape index (κ2) is 9.13. The zero-order chi connectivity index (χ0) is 22.8. The van der Waals surface area contributed by atoms with Crippen LogP contribution in [0.4, 0.5) is 5.69 Å². The molecule has 2 aromatic carbocycles. The number of hydrogen-bond acceptors (Lipinski definition) is 6. The van der Waals surface area contributed by atoms with Gasteiger partial charge in [0.15, 0.2) is 5.60 Å². The van der Waals surface area contributed by atoms with Gasteiger partial charge in [0.05, 0.1) is 25.0 Å². The van der Waals surface area contributed by atoms with Crippen LogP contribution in [0.2, 0.25) is 0 Å². The minimum absolute atomic E-state index is 0.153. The molecule has 174 valence electrons. The maximum Gasteiger partial charge on any atom is 0.268 e. The molecular weight excluding hydrogens is 422 g/mol. The van der Waals surface area contributed by atoms with Crippen molar-refractivity contribution in [2.75, 3.05) is 38.2 Å². The minimum Gasteiger partial charge on any atom is -0.475 e. The third kappa shape index (κ3) is 4.59. The fourth-order valence-electron chi connectivity index (χ4n) is 4.77. The molecule has 0 radical (unpaired) electrons. The summed E-state index contributed by atoms with van der Waals surface area (Å²) in [5.74, 6) is 0.0503. The quantitative estimate of drug-likeness (QED) is 0.640. The van der Waals surface area contributed by atoms with Crippen molar-refractivity contribution in [3.63, 3.8) is 0 Å². The monoisotopic (exact) mass is 451 g/mol. The van der Waals surface area contributed by atoms with Crippen LogP contribution in [-0.4, -0.2) is 66.4 Å². The average molecular weight is 452 g/mol. The van der Waals surface area contributed by atoms with E-state index >= 15 is 0 Å². The van der Waals surface area contributed by atoms with Crippen molar-refractivity contribution in [1.29, 1.82) is 0 Å². The van der Waals surface area contributed by atoms with Gasteiger partial charge in [0.2, 0.25) is 0 Å². The molecule has 2 aromatic rings. The van der Waals surface area contributed by atoms with Crippen LogP contribution >= 0.6 is 0 Å². The lowest BCUT2D eigenvalue weighted by Crippen LogP contribution is -2.54. The van der Waals surface area contributed by atoms with Crippen LogP contribution in [-0.2, 0) is 22.5 Å². The third-order valence-electron chi connectivity index (χ3n) is 6.69. The van der Waals surface area contributed by atoms with Gasteiger partial charge in [-0.15, -0.1) is 0 Å². The number of carbonyl (C=O) groups is 2. The van der Waals surface area contributed by atoms with E-state index in [0.29, 0.717) is 49.6 Å². The fourth-order valence-corrected chi connectivity index (χ4v) is 4.77. The highest BCUT2D eigenvalue weighted by Gasteiger charge is 2.45. The fraction of sp³-hybridized carbons (Fsp3) is 0.440. The van der Waals surface area contributed by atoms with Gasteiger partial charge in [-0.1, -0.05) is 24.3 Å². The van der Waals surface area contributed by atoms with Crippen molar-refractivity contribution in [3.05, 3.63) is 59.2 Å². The highest BCUT2D eigenvalue weighted by Crippen LogP contribution is 2.38. The molecule has 0 aliphatic carbocycles. The first-order chi connectivity index (χ1) is 16.0. The predicted octanol–water partition coefficient (Wildman–Crippen LogP) is 1.72. The van der Waals surface area contributed by atoms with Gasteiger partial charge in [0, 0.05) is 44.6 Å². The van der Waals surface area contributed by atoms with E-state index in [2.05, 4.69) is 33.7 Å². The van der Waals surface area contributed by atoms with Crippen LogP contribution in [0.15, 0.2) is 42.5 Å². The summed E-state index contributed by atoms with van der Waals surface area (Å²) in [6, 6.07) is 13.4. The number of rotatable bonds is 5. The first-order valence-corrected chi connectivity index (χ1v) is 11.5. The van der Waals surface area contributed by atoms with Gasteiger partial charge in [-0.3, -0.25) is 14.5 Å². The number of β-amino-alcohol motifs (C(OH)–C–C–N with tert-alkyl or cyclic N) is 1. The molecule has 0 aromatic heterocycles. The molecule has 1 fully saturated rings. The Balaban J connectivity index is 1.16. The number of aliphatic hydroxyl groups is 1. The Hall–Kier alpha value is -2.94. The lowest BCUT2D eigenvalue weighted by Gasteiger charge is -2.39. The van der Waals surface area contributed by atoms with Crippen molar-refractivity contribution in [1.82, 2.24) is 10.2 Å². The van der Waals surface area contributed by atoms with Gasteiger partial charge in [-0.2, -0.15) is 0 Å². The van der Waals surface area contributed by atoms with Crippen molar-refractivity contribution in [2.24, 2.45) is 0 Å². The van der Waals surface area contributed by atoms with E-state index in [-0.39, 0.29) is 18.4 Å². The molecule has 3 heterocycles. The standard InChI is InChI=1S/C25H29N3O5/c29-20(16-28-10-7-17-3-1-2-4-19(17)15-28)14-26-23(30)18-5-6-22-21(13-18)27-24(31)25(33-22)8-11-32-12-9-25/h1-6,13,20,29H,7-12,14-16H2,(H,26,30)(H,27,31). The van der Waals surface area contributed by atoms with Crippen LogP contribution in [0.25, 0.3) is 0 Å². The van der Waals surface area contributed by atoms with Crippen molar-refractivity contribution in [3.8, 4) is 5.75 Å². The molecule has 8 heteroatoms. The topological polar surface area (TPSA) is 100 Å². The summed E-state index contributed by atoms with van der Waals surface area (Å²) in [4.78, 5) is 27.5. The van der Waals surface area contributed by atoms with Gasteiger partial charge in [0.1, 0.15) is 5.75 Å².